The van der Waals surface area contributed by atoms with Gasteiger partial charge < -0.3 is 4.90 Å². The number of fused-ring (bicyclic) bond motifs is 7. The molecular formula is C50H33N. The van der Waals surface area contributed by atoms with Crippen molar-refractivity contribution in [1.82, 2.24) is 0 Å². The molecule has 0 saturated heterocycles. The average Bonchev–Trinajstić information content (AvgIpc) is 3.21. The quantitative estimate of drug-likeness (QED) is 0.168. The molecule has 10 aromatic carbocycles. The first-order valence-corrected chi connectivity index (χ1v) is 17.6. The lowest BCUT2D eigenvalue weighted by molar-refractivity contribution is 1.29. The van der Waals surface area contributed by atoms with Crippen LogP contribution in [0.5, 0.6) is 0 Å². The van der Waals surface area contributed by atoms with Crippen LogP contribution in [0.4, 0.5) is 17.1 Å². The van der Waals surface area contributed by atoms with Crippen molar-refractivity contribution in [2.75, 3.05) is 4.90 Å². The van der Waals surface area contributed by atoms with Crippen LogP contribution in [0.1, 0.15) is 0 Å². The molecule has 0 atom stereocenters. The molecule has 1 nitrogen and oxygen atoms in total. The Labute approximate surface area is 297 Å². The van der Waals surface area contributed by atoms with Gasteiger partial charge in [-0.05, 0) is 125 Å². The Kier molecular flexibility index (Phi) is 6.89. The minimum atomic E-state index is 1.12. The van der Waals surface area contributed by atoms with Gasteiger partial charge >= 0.3 is 0 Å². The third kappa shape index (κ3) is 5.19. The van der Waals surface area contributed by atoms with E-state index in [2.05, 4.69) is 205 Å². The summed E-state index contributed by atoms with van der Waals surface area (Å²) in [4.78, 5) is 2.36. The van der Waals surface area contributed by atoms with Crippen LogP contribution in [-0.4, -0.2) is 0 Å². The molecule has 0 amide bonds. The molecule has 0 N–H and O–H groups in total. The Hall–Kier alpha value is -6.70. The second-order valence-electron chi connectivity index (χ2n) is 13.4. The first-order chi connectivity index (χ1) is 25.2. The van der Waals surface area contributed by atoms with Gasteiger partial charge in [-0.25, -0.2) is 0 Å². The third-order valence-corrected chi connectivity index (χ3v) is 10.4. The van der Waals surface area contributed by atoms with E-state index in [1.54, 1.807) is 0 Å². The fraction of sp³-hybridized carbons (Fsp3) is 0. The van der Waals surface area contributed by atoms with Crippen molar-refractivity contribution in [2.45, 2.75) is 0 Å². The predicted molar refractivity (Wildman–Crippen MR) is 220 cm³/mol. The maximum atomic E-state index is 2.36. The molecule has 0 aliphatic carbocycles. The van der Waals surface area contributed by atoms with Gasteiger partial charge in [0.2, 0.25) is 0 Å². The highest BCUT2D eigenvalue weighted by Gasteiger charge is 2.15. The minimum Gasteiger partial charge on any atom is -0.310 e. The molecule has 0 fully saturated rings. The van der Waals surface area contributed by atoms with Gasteiger partial charge in [0.15, 0.2) is 0 Å². The number of hydrogen-bond acceptors (Lipinski definition) is 1. The van der Waals surface area contributed by atoms with E-state index in [1.807, 2.05) is 0 Å². The number of benzene rings is 10. The van der Waals surface area contributed by atoms with Gasteiger partial charge in [0.25, 0.3) is 0 Å². The molecule has 238 valence electrons. The lowest BCUT2D eigenvalue weighted by Crippen LogP contribution is -2.09. The van der Waals surface area contributed by atoms with Crippen molar-refractivity contribution in [3.8, 4) is 22.3 Å². The summed E-state index contributed by atoms with van der Waals surface area (Å²) in [7, 11) is 0. The number of nitrogens with zero attached hydrogens (tertiary/aromatic N) is 1. The topological polar surface area (TPSA) is 3.24 Å². The SMILES string of the molecule is c1ccc2cc(N(c3ccc(-c4ccc5c(ccc6ccccc65)c4)cc3)c3ccc(-c4ccc5c(ccc6ccccc65)c4)cc3)ccc2c1. The van der Waals surface area contributed by atoms with Gasteiger partial charge in [0.1, 0.15) is 0 Å². The van der Waals surface area contributed by atoms with Crippen LogP contribution in [-0.2, 0) is 0 Å². The van der Waals surface area contributed by atoms with E-state index < -0.39 is 0 Å². The first kappa shape index (κ1) is 29.2. The highest BCUT2D eigenvalue weighted by Crippen LogP contribution is 2.39. The number of rotatable bonds is 5. The zero-order valence-electron chi connectivity index (χ0n) is 28.0. The molecule has 0 spiro atoms. The fourth-order valence-electron chi connectivity index (χ4n) is 7.75. The number of hydrogen-bond donors (Lipinski definition) is 0. The molecule has 0 bridgehead atoms. The van der Waals surface area contributed by atoms with Crippen molar-refractivity contribution in [1.29, 1.82) is 0 Å². The van der Waals surface area contributed by atoms with Crippen LogP contribution < -0.4 is 4.90 Å². The second-order valence-corrected chi connectivity index (χ2v) is 13.4. The Morgan fingerprint density at radius 2 is 0.588 bits per heavy atom. The van der Waals surface area contributed by atoms with Crippen molar-refractivity contribution in [3.63, 3.8) is 0 Å². The van der Waals surface area contributed by atoms with Crippen molar-refractivity contribution in [2.24, 2.45) is 0 Å². The first-order valence-electron chi connectivity index (χ1n) is 17.6. The molecule has 0 unspecified atom stereocenters. The third-order valence-electron chi connectivity index (χ3n) is 10.4. The molecule has 51 heavy (non-hydrogen) atoms. The molecular weight excluding hydrogens is 615 g/mol. The monoisotopic (exact) mass is 647 g/mol. The van der Waals surface area contributed by atoms with Crippen LogP contribution in [0.2, 0.25) is 0 Å². The largest absolute Gasteiger partial charge is 0.310 e. The Morgan fingerprint density at radius 1 is 0.216 bits per heavy atom. The maximum absolute atomic E-state index is 2.36. The predicted octanol–water partition coefficient (Wildman–Crippen LogP) is 14.3. The molecule has 10 rings (SSSR count). The highest BCUT2D eigenvalue weighted by molar-refractivity contribution is 6.09. The van der Waals surface area contributed by atoms with Gasteiger partial charge in [-0.3, -0.25) is 0 Å². The number of anilines is 3. The minimum absolute atomic E-state index is 1.12. The van der Waals surface area contributed by atoms with E-state index >= 15 is 0 Å². The Balaban J connectivity index is 1.02. The van der Waals surface area contributed by atoms with E-state index in [0.717, 1.165) is 17.1 Å². The van der Waals surface area contributed by atoms with E-state index in [-0.39, 0.29) is 0 Å². The molecule has 0 aliphatic heterocycles. The molecule has 10 aromatic rings. The standard InChI is InChI=1S/C50H33N/c1-2-10-39-33-46(28-21-34(39)7-1)51(44-24-17-35(18-25-44)40-22-29-49-42(31-40)15-13-37-8-3-5-11-47(37)49)45-26-19-36(20-27-45)41-23-30-50-43(32-41)16-14-38-9-4-6-12-48(38)50/h1-33H. The lowest BCUT2D eigenvalue weighted by atomic mass is 9.97. The molecule has 0 aromatic heterocycles. The summed E-state index contributed by atoms with van der Waals surface area (Å²) < 4.78 is 0. The van der Waals surface area contributed by atoms with Crippen molar-refractivity contribution >= 4 is 70.9 Å². The van der Waals surface area contributed by atoms with Gasteiger partial charge in [-0.2, -0.15) is 0 Å². The van der Waals surface area contributed by atoms with Gasteiger partial charge in [-0.15, -0.1) is 0 Å². The zero-order valence-corrected chi connectivity index (χ0v) is 28.0. The van der Waals surface area contributed by atoms with Gasteiger partial charge in [0.05, 0.1) is 0 Å². The lowest BCUT2D eigenvalue weighted by Gasteiger charge is -2.26. The summed E-state index contributed by atoms with van der Waals surface area (Å²) in [5.41, 5.74) is 8.20. The molecule has 0 saturated carbocycles. The van der Waals surface area contributed by atoms with E-state index in [4.69, 9.17) is 0 Å². The van der Waals surface area contributed by atoms with Crippen LogP contribution in [0, 0.1) is 0 Å². The van der Waals surface area contributed by atoms with E-state index in [1.165, 1.54) is 76.1 Å². The van der Waals surface area contributed by atoms with Crippen LogP contribution in [0.15, 0.2) is 200 Å². The normalized spacial score (nSPS) is 11.5. The summed E-state index contributed by atoms with van der Waals surface area (Å²) in [6.45, 7) is 0. The average molecular weight is 648 g/mol. The zero-order chi connectivity index (χ0) is 33.7. The second kappa shape index (κ2) is 12.0. The van der Waals surface area contributed by atoms with Gasteiger partial charge in [-0.1, -0.05) is 152 Å². The van der Waals surface area contributed by atoms with Crippen LogP contribution >= 0.6 is 0 Å². The summed E-state index contributed by atoms with van der Waals surface area (Å²) in [5, 5.41) is 12.7. The van der Waals surface area contributed by atoms with E-state index in [0.29, 0.717) is 0 Å². The smallest absolute Gasteiger partial charge is 0.0468 e. The summed E-state index contributed by atoms with van der Waals surface area (Å²) in [6, 6.07) is 73.1. The molecule has 0 aliphatic rings. The molecule has 0 heterocycles. The summed E-state index contributed by atoms with van der Waals surface area (Å²) >= 11 is 0. The maximum Gasteiger partial charge on any atom is 0.0468 e. The van der Waals surface area contributed by atoms with Crippen molar-refractivity contribution < 1.29 is 0 Å². The summed E-state index contributed by atoms with van der Waals surface area (Å²) in [5.74, 6) is 0. The molecule has 0 radical (unpaired) electrons. The fourth-order valence-corrected chi connectivity index (χ4v) is 7.75. The molecule has 1 heteroatoms. The van der Waals surface area contributed by atoms with Crippen LogP contribution in [0.25, 0.3) is 76.1 Å². The highest BCUT2D eigenvalue weighted by atomic mass is 15.1. The Bertz CT molecular complexity index is 2740. The van der Waals surface area contributed by atoms with E-state index in [9.17, 15) is 0 Å². The van der Waals surface area contributed by atoms with Crippen LogP contribution in [0.3, 0.4) is 0 Å². The van der Waals surface area contributed by atoms with Gasteiger partial charge in [0, 0.05) is 17.1 Å². The summed E-state index contributed by atoms with van der Waals surface area (Å²) in [6.07, 6.45) is 0. The van der Waals surface area contributed by atoms with Crippen molar-refractivity contribution in [3.05, 3.63) is 200 Å². The Morgan fingerprint density at radius 3 is 1.12 bits per heavy atom.